The number of rotatable bonds is 4. The zero-order chi connectivity index (χ0) is 12.6. The fraction of sp³-hybridized carbons (Fsp3) is 1.00. The van der Waals surface area contributed by atoms with Crippen LogP contribution in [0.5, 0.6) is 0 Å². The first-order valence-corrected chi connectivity index (χ1v) is 8.56. The molecule has 0 spiro atoms. The lowest BCUT2D eigenvalue weighted by atomic mass is 10.0. The van der Waals surface area contributed by atoms with Gasteiger partial charge in [0.15, 0.2) is 0 Å². The summed E-state index contributed by atoms with van der Waals surface area (Å²) < 4.78 is 29.0. The van der Waals surface area contributed by atoms with E-state index >= 15 is 0 Å². The van der Waals surface area contributed by atoms with Crippen molar-refractivity contribution < 1.29 is 8.42 Å². The van der Waals surface area contributed by atoms with Gasteiger partial charge >= 0.3 is 0 Å². The topological polar surface area (TPSA) is 61.4 Å². The highest BCUT2D eigenvalue weighted by Gasteiger charge is 2.43. The molecule has 3 atom stereocenters. The van der Waals surface area contributed by atoms with Gasteiger partial charge in [-0.25, -0.2) is 4.72 Å². The molecular weight excluding hydrogens is 250 g/mol. The first-order chi connectivity index (χ1) is 8.65. The minimum atomic E-state index is -3.23. The molecule has 6 heteroatoms. The summed E-state index contributed by atoms with van der Waals surface area (Å²) in [6.07, 6.45) is 5.62. The van der Waals surface area contributed by atoms with Gasteiger partial charge in [0.1, 0.15) is 0 Å². The van der Waals surface area contributed by atoms with Crippen molar-refractivity contribution in [1.82, 2.24) is 14.3 Å². The van der Waals surface area contributed by atoms with Gasteiger partial charge in [-0.3, -0.25) is 0 Å². The monoisotopic (exact) mass is 273 g/mol. The average Bonchev–Trinajstić information content (AvgIpc) is 3.00. The van der Waals surface area contributed by atoms with Crippen LogP contribution in [0.15, 0.2) is 0 Å². The average molecular weight is 273 g/mol. The highest BCUT2D eigenvalue weighted by Crippen LogP contribution is 2.38. The van der Waals surface area contributed by atoms with Gasteiger partial charge in [-0.05, 0) is 57.0 Å². The smallest absolute Gasteiger partial charge is 0.279 e. The molecule has 0 aromatic carbocycles. The van der Waals surface area contributed by atoms with Crippen LogP contribution in [0.2, 0.25) is 0 Å². The third kappa shape index (κ3) is 2.57. The maximum Gasteiger partial charge on any atom is 0.279 e. The Kier molecular flexibility index (Phi) is 3.62. The fourth-order valence-corrected chi connectivity index (χ4v) is 5.18. The normalized spacial score (nSPS) is 37.2. The Morgan fingerprint density at radius 2 is 2.17 bits per heavy atom. The van der Waals surface area contributed by atoms with Crippen LogP contribution in [0.1, 0.15) is 32.1 Å². The van der Waals surface area contributed by atoms with E-state index in [4.69, 9.17) is 0 Å². The van der Waals surface area contributed by atoms with E-state index in [2.05, 4.69) is 10.0 Å². The van der Waals surface area contributed by atoms with E-state index < -0.39 is 10.2 Å². The maximum atomic E-state index is 12.3. The molecule has 0 aromatic heterocycles. The van der Waals surface area contributed by atoms with Crippen molar-refractivity contribution in [1.29, 1.82) is 0 Å². The SMILES string of the molecule is O=S(=O)(NCC1CCCNC1)N1CC2CCC1C2. The van der Waals surface area contributed by atoms with Crippen LogP contribution in [-0.2, 0) is 10.2 Å². The van der Waals surface area contributed by atoms with Crippen molar-refractivity contribution in [2.45, 2.75) is 38.1 Å². The number of hydrogen-bond acceptors (Lipinski definition) is 3. The van der Waals surface area contributed by atoms with E-state index in [0.29, 0.717) is 18.4 Å². The Hall–Kier alpha value is -0.170. The zero-order valence-corrected chi connectivity index (χ0v) is 11.6. The van der Waals surface area contributed by atoms with Crippen molar-refractivity contribution in [2.24, 2.45) is 11.8 Å². The third-order valence-corrected chi connectivity index (χ3v) is 6.22. The van der Waals surface area contributed by atoms with Gasteiger partial charge in [-0.1, -0.05) is 0 Å². The molecule has 2 heterocycles. The van der Waals surface area contributed by atoms with Gasteiger partial charge < -0.3 is 5.32 Å². The van der Waals surface area contributed by atoms with Gasteiger partial charge in [0, 0.05) is 19.1 Å². The molecule has 18 heavy (non-hydrogen) atoms. The number of hydrogen-bond donors (Lipinski definition) is 2. The molecule has 0 radical (unpaired) electrons. The second-order valence-corrected chi connectivity index (χ2v) is 7.68. The van der Waals surface area contributed by atoms with Crippen molar-refractivity contribution in [2.75, 3.05) is 26.2 Å². The van der Waals surface area contributed by atoms with E-state index in [1.165, 1.54) is 6.42 Å². The Morgan fingerprint density at radius 3 is 2.78 bits per heavy atom. The Morgan fingerprint density at radius 1 is 1.28 bits per heavy atom. The number of fused-ring (bicyclic) bond motifs is 2. The molecule has 1 aliphatic carbocycles. The van der Waals surface area contributed by atoms with Crippen molar-refractivity contribution >= 4 is 10.2 Å². The van der Waals surface area contributed by atoms with E-state index in [9.17, 15) is 8.42 Å². The summed E-state index contributed by atoms with van der Waals surface area (Å²) in [5.74, 6) is 1.07. The van der Waals surface area contributed by atoms with Crippen LogP contribution in [0, 0.1) is 11.8 Å². The second kappa shape index (κ2) is 5.07. The lowest BCUT2D eigenvalue weighted by Gasteiger charge is -2.28. The van der Waals surface area contributed by atoms with Gasteiger partial charge in [0.2, 0.25) is 0 Å². The first kappa shape index (κ1) is 12.8. The fourth-order valence-electron chi connectivity index (χ4n) is 3.58. The molecule has 3 aliphatic rings. The number of nitrogens with one attached hydrogen (secondary N) is 2. The Labute approximate surface area is 109 Å². The zero-order valence-electron chi connectivity index (χ0n) is 10.8. The van der Waals surface area contributed by atoms with E-state index in [0.717, 1.165) is 45.3 Å². The largest absolute Gasteiger partial charge is 0.316 e. The van der Waals surface area contributed by atoms with Crippen molar-refractivity contribution in [3.05, 3.63) is 0 Å². The van der Waals surface area contributed by atoms with Crippen LogP contribution in [0.4, 0.5) is 0 Å². The molecule has 3 unspecified atom stereocenters. The minimum Gasteiger partial charge on any atom is -0.316 e. The minimum absolute atomic E-state index is 0.275. The summed E-state index contributed by atoms with van der Waals surface area (Å²) in [5.41, 5.74) is 0. The first-order valence-electron chi connectivity index (χ1n) is 7.12. The molecule has 1 saturated carbocycles. The van der Waals surface area contributed by atoms with E-state index in [1.807, 2.05) is 0 Å². The van der Waals surface area contributed by atoms with Crippen LogP contribution >= 0.6 is 0 Å². The standard InChI is InChI=1S/C12H23N3O2S/c16-18(17,14-8-11-2-1-5-13-7-11)15-9-10-3-4-12(15)6-10/h10-14H,1-9H2. The molecule has 0 amide bonds. The van der Waals surface area contributed by atoms with Crippen LogP contribution in [0.3, 0.4) is 0 Å². The quantitative estimate of drug-likeness (QED) is 0.775. The van der Waals surface area contributed by atoms with Crippen LogP contribution in [0.25, 0.3) is 0 Å². The Balaban J connectivity index is 1.54. The molecule has 3 rings (SSSR count). The van der Waals surface area contributed by atoms with Crippen LogP contribution < -0.4 is 10.0 Å². The molecule has 5 nitrogen and oxygen atoms in total. The summed E-state index contributed by atoms with van der Waals surface area (Å²) >= 11 is 0. The highest BCUT2D eigenvalue weighted by molar-refractivity contribution is 7.87. The summed E-state index contributed by atoms with van der Waals surface area (Å²) in [6.45, 7) is 3.33. The molecule has 2 saturated heterocycles. The summed E-state index contributed by atoms with van der Waals surface area (Å²) in [5, 5.41) is 3.32. The molecule has 0 aromatic rings. The van der Waals surface area contributed by atoms with Gasteiger partial charge in [0.05, 0.1) is 0 Å². The molecule has 2 bridgehead atoms. The lowest BCUT2D eigenvalue weighted by Crippen LogP contribution is -2.47. The second-order valence-electron chi connectivity index (χ2n) is 5.97. The predicted octanol–water partition coefficient (Wildman–Crippen LogP) is 0.305. The summed E-state index contributed by atoms with van der Waals surface area (Å²) in [7, 11) is -3.23. The van der Waals surface area contributed by atoms with Crippen molar-refractivity contribution in [3.8, 4) is 0 Å². The lowest BCUT2D eigenvalue weighted by molar-refractivity contribution is 0.322. The number of piperidine rings is 2. The Bertz CT molecular complexity index is 392. The maximum absolute atomic E-state index is 12.3. The highest BCUT2D eigenvalue weighted by atomic mass is 32.2. The molecule has 104 valence electrons. The molecular formula is C12H23N3O2S. The van der Waals surface area contributed by atoms with Gasteiger partial charge in [-0.15, -0.1) is 0 Å². The summed E-state index contributed by atoms with van der Waals surface area (Å²) in [4.78, 5) is 0. The van der Waals surface area contributed by atoms with Gasteiger partial charge in [0.25, 0.3) is 10.2 Å². The third-order valence-electron chi connectivity index (χ3n) is 4.62. The summed E-state index contributed by atoms with van der Waals surface area (Å²) in [6, 6.07) is 0.275. The van der Waals surface area contributed by atoms with Crippen molar-refractivity contribution in [3.63, 3.8) is 0 Å². The van der Waals surface area contributed by atoms with Crippen LogP contribution in [-0.4, -0.2) is 44.9 Å². The van der Waals surface area contributed by atoms with E-state index in [-0.39, 0.29) is 6.04 Å². The predicted molar refractivity (Wildman–Crippen MR) is 70.4 cm³/mol. The molecule has 2 aliphatic heterocycles. The van der Waals surface area contributed by atoms with E-state index in [1.54, 1.807) is 4.31 Å². The molecule has 3 fully saturated rings. The van der Waals surface area contributed by atoms with Gasteiger partial charge in [-0.2, -0.15) is 12.7 Å². The molecule has 2 N–H and O–H groups in total. The number of nitrogens with zero attached hydrogens (tertiary/aromatic N) is 1.